The fourth-order valence-electron chi connectivity index (χ4n) is 1.79. The van der Waals surface area contributed by atoms with Gasteiger partial charge in [0.1, 0.15) is 0 Å². The lowest BCUT2D eigenvalue weighted by molar-refractivity contribution is 0.903. The van der Waals surface area contributed by atoms with E-state index in [-0.39, 0.29) is 0 Å². The molecule has 0 amide bonds. The Labute approximate surface area is 102 Å². The van der Waals surface area contributed by atoms with Gasteiger partial charge in [0.25, 0.3) is 0 Å². The Kier molecular flexibility index (Phi) is 3.73. The first-order valence-corrected chi connectivity index (χ1v) is 5.69. The quantitative estimate of drug-likeness (QED) is 0.870. The van der Waals surface area contributed by atoms with Crippen LogP contribution in [0.3, 0.4) is 0 Å². The molecule has 1 aromatic heterocycles. The molecule has 0 aliphatic carbocycles. The summed E-state index contributed by atoms with van der Waals surface area (Å²) in [6.07, 6.45) is 1.82. The van der Waals surface area contributed by atoms with Gasteiger partial charge in [-0.1, -0.05) is 18.2 Å². The molecule has 3 nitrogen and oxygen atoms in total. The summed E-state index contributed by atoms with van der Waals surface area (Å²) >= 11 is 0. The SMILES string of the molecule is CN(Cc1ccnc(CN)c1)c1ccccc1. The second-order valence-corrected chi connectivity index (χ2v) is 4.05. The van der Waals surface area contributed by atoms with Crippen molar-refractivity contribution in [2.45, 2.75) is 13.1 Å². The van der Waals surface area contributed by atoms with E-state index in [0.29, 0.717) is 6.54 Å². The zero-order chi connectivity index (χ0) is 12.1. The minimum atomic E-state index is 0.489. The molecule has 0 saturated heterocycles. The van der Waals surface area contributed by atoms with Crippen LogP contribution in [0, 0.1) is 0 Å². The Morgan fingerprint density at radius 2 is 1.94 bits per heavy atom. The number of nitrogens with two attached hydrogens (primary N) is 1. The number of benzene rings is 1. The number of hydrogen-bond donors (Lipinski definition) is 1. The number of nitrogens with zero attached hydrogens (tertiary/aromatic N) is 2. The summed E-state index contributed by atoms with van der Waals surface area (Å²) in [5, 5.41) is 0. The monoisotopic (exact) mass is 227 g/mol. The number of para-hydroxylation sites is 1. The van der Waals surface area contributed by atoms with Crippen molar-refractivity contribution >= 4 is 5.69 Å². The average molecular weight is 227 g/mol. The fourth-order valence-corrected chi connectivity index (χ4v) is 1.79. The third-order valence-electron chi connectivity index (χ3n) is 2.71. The van der Waals surface area contributed by atoms with E-state index >= 15 is 0 Å². The first-order chi connectivity index (χ1) is 8.29. The molecule has 0 unspecified atom stereocenters. The largest absolute Gasteiger partial charge is 0.370 e. The van der Waals surface area contributed by atoms with Crippen molar-refractivity contribution in [3.05, 3.63) is 59.9 Å². The smallest absolute Gasteiger partial charge is 0.0542 e. The normalized spacial score (nSPS) is 10.2. The van der Waals surface area contributed by atoms with E-state index in [0.717, 1.165) is 12.2 Å². The molecule has 2 rings (SSSR count). The van der Waals surface area contributed by atoms with E-state index in [2.05, 4.69) is 35.1 Å². The van der Waals surface area contributed by atoms with Crippen LogP contribution in [-0.2, 0) is 13.1 Å². The lowest BCUT2D eigenvalue weighted by Crippen LogP contribution is -2.16. The highest BCUT2D eigenvalue weighted by atomic mass is 15.1. The van der Waals surface area contributed by atoms with Crippen molar-refractivity contribution < 1.29 is 0 Å². The molecule has 0 fully saturated rings. The summed E-state index contributed by atoms with van der Waals surface area (Å²) in [5.41, 5.74) is 8.95. The van der Waals surface area contributed by atoms with E-state index in [9.17, 15) is 0 Å². The Bertz CT molecular complexity index is 468. The summed E-state index contributed by atoms with van der Waals surface area (Å²) in [4.78, 5) is 6.40. The summed E-state index contributed by atoms with van der Waals surface area (Å²) < 4.78 is 0. The van der Waals surface area contributed by atoms with Crippen molar-refractivity contribution in [2.24, 2.45) is 5.73 Å². The molecule has 0 spiro atoms. The molecule has 0 atom stereocenters. The van der Waals surface area contributed by atoms with Crippen molar-refractivity contribution in [2.75, 3.05) is 11.9 Å². The number of rotatable bonds is 4. The fraction of sp³-hybridized carbons (Fsp3) is 0.214. The van der Waals surface area contributed by atoms with Crippen LogP contribution in [0.1, 0.15) is 11.3 Å². The molecule has 0 bridgehead atoms. The van der Waals surface area contributed by atoms with Gasteiger partial charge in [0.2, 0.25) is 0 Å². The van der Waals surface area contributed by atoms with Crippen LogP contribution in [0.5, 0.6) is 0 Å². The first kappa shape index (κ1) is 11.6. The molecule has 2 aromatic rings. The molecule has 1 aromatic carbocycles. The van der Waals surface area contributed by atoms with Crippen LogP contribution in [0.4, 0.5) is 5.69 Å². The van der Waals surface area contributed by atoms with Crippen molar-refractivity contribution in [1.82, 2.24) is 4.98 Å². The number of anilines is 1. The van der Waals surface area contributed by atoms with Crippen molar-refractivity contribution in [1.29, 1.82) is 0 Å². The van der Waals surface area contributed by atoms with Gasteiger partial charge in [0.15, 0.2) is 0 Å². The lowest BCUT2D eigenvalue weighted by atomic mass is 10.2. The van der Waals surface area contributed by atoms with Gasteiger partial charge in [-0.05, 0) is 29.8 Å². The number of aromatic nitrogens is 1. The van der Waals surface area contributed by atoms with Crippen molar-refractivity contribution in [3.63, 3.8) is 0 Å². The van der Waals surface area contributed by atoms with E-state index in [4.69, 9.17) is 5.73 Å². The van der Waals surface area contributed by atoms with E-state index < -0.39 is 0 Å². The molecule has 88 valence electrons. The van der Waals surface area contributed by atoms with Gasteiger partial charge in [0.05, 0.1) is 5.69 Å². The average Bonchev–Trinajstić information content (AvgIpc) is 2.40. The van der Waals surface area contributed by atoms with E-state index in [1.807, 2.05) is 30.5 Å². The topological polar surface area (TPSA) is 42.2 Å². The highest BCUT2D eigenvalue weighted by Gasteiger charge is 2.02. The summed E-state index contributed by atoms with van der Waals surface area (Å²) in [6.45, 7) is 1.35. The van der Waals surface area contributed by atoms with Crippen molar-refractivity contribution in [3.8, 4) is 0 Å². The second kappa shape index (κ2) is 5.46. The Balaban J connectivity index is 2.10. The third-order valence-corrected chi connectivity index (χ3v) is 2.71. The standard InChI is InChI=1S/C14H17N3/c1-17(14-5-3-2-4-6-14)11-12-7-8-16-13(9-12)10-15/h2-9H,10-11,15H2,1H3. The van der Waals surface area contributed by atoms with Crippen LogP contribution < -0.4 is 10.6 Å². The van der Waals surface area contributed by atoms with Gasteiger partial charge in [-0.25, -0.2) is 0 Å². The molecule has 0 saturated carbocycles. The van der Waals surface area contributed by atoms with E-state index in [1.54, 1.807) is 0 Å². The highest BCUT2D eigenvalue weighted by molar-refractivity contribution is 5.45. The Hall–Kier alpha value is -1.87. The second-order valence-electron chi connectivity index (χ2n) is 4.05. The molecular formula is C14H17N3. The minimum Gasteiger partial charge on any atom is -0.370 e. The first-order valence-electron chi connectivity index (χ1n) is 5.69. The maximum absolute atomic E-state index is 5.58. The molecule has 2 N–H and O–H groups in total. The van der Waals surface area contributed by atoms with Gasteiger partial charge < -0.3 is 10.6 Å². The third kappa shape index (κ3) is 3.04. The van der Waals surface area contributed by atoms with Crippen LogP contribution in [0.2, 0.25) is 0 Å². The highest BCUT2D eigenvalue weighted by Crippen LogP contribution is 2.14. The molecule has 3 heteroatoms. The predicted molar refractivity (Wildman–Crippen MR) is 70.7 cm³/mol. The number of pyridine rings is 1. The van der Waals surface area contributed by atoms with Crippen LogP contribution >= 0.6 is 0 Å². The summed E-state index contributed by atoms with van der Waals surface area (Å²) in [7, 11) is 2.08. The van der Waals surface area contributed by atoms with Crippen LogP contribution in [-0.4, -0.2) is 12.0 Å². The molecule has 0 radical (unpaired) electrons. The molecule has 17 heavy (non-hydrogen) atoms. The molecular weight excluding hydrogens is 210 g/mol. The zero-order valence-corrected chi connectivity index (χ0v) is 10.0. The van der Waals surface area contributed by atoms with Gasteiger partial charge in [0, 0.05) is 32.0 Å². The maximum Gasteiger partial charge on any atom is 0.0542 e. The van der Waals surface area contributed by atoms with Crippen LogP contribution in [0.15, 0.2) is 48.7 Å². The Morgan fingerprint density at radius 3 is 2.65 bits per heavy atom. The summed E-state index contributed by atoms with van der Waals surface area (Å²) in [5.74, 6) is 0. The van der Waals surface area contributed by atoms with Gasteiger partial charge in [-0.3, -0.25) is 4.98 Å². The van der Waals surface area contributed by atoms with Gasteiger partial charge >= 0.3 is 0 Å². The molecule has 1 heterocycles. The van der Waals surface area contributed by atoms with E-state index in [1.165, 1.54) is 11.3 Å². The maximum atomic E-state index is 5.58. The minimum absolute atomic E-state index is 0.489. The summed E-state index contributed by atoms with van der Waals surface area (Å²) in [6, 6.07) is 14.4. The molecule has 0 aliphatic rings. The predicted octanol–water partition coefficient (Wildman–Crippen LogP) is 2.18. The Morgan fingerprint density at radius 1 is 1.18 bits per heavy atom. The van der Waals surface area contributed by atoms with Gasteiger partial charge in [-0.2, -0.15) is 0 Å². The lowest BCUT2D eigenvalue weighted by Gasteiger charge is -2.19. The zero-order valence-electron chi connectivity index (χ0n) is 10.0. The van der Waals surface area contributed by atoms with Gasteiger partial charge in [-0.15, -0.1) is 0 Å². The van der Waals surface area contributed by atoms with Crippen LogP contribution in [0.25, 0.3) is 0 Å². The number of hydrogen-bond acceptors (Lipinski definition) is 3. The molecule has 0 aliphatic heterocycles.